The van der Waals surface area contributed by atoms with Gasteiger partial charge in [0.05, 0.1) is 11.3 Å². The molecule has 0 aromatic heterocycles. The summed E-state index contributed by atoms with van der Waals surface area (Å²) in [6, 6.07) is 20.0. The molecule has 4 rings (SSSR count). The van der Waals surface area contributed by atoms with Gasteiger partial charge in [-0.15, -0.1) is 0 Å². The molecule has 0 saturated heterocycles. The molecule has 192 valence electrons. The van der Waals surface area contributed by atoms with Crippen molar-refractivity contribution >= 4 is 22.6 Å². The number of nitrogens with zero attached hydrogens (tertiary/aromatic N) is 2. The summed E-state index contributed by atoms with van der Waals surface area (Å²) in [5, 5.41) is 10.7. The summed E-state index contributed by atoms with van der Waals surface area (Å²) in [5.74, 6) is 0.654. The van der Waals surface area contributed by atoms with E-state index in [0.29, 0.717) is 29.9 Å². The molecule has 3 nitrogen and oxygen atoms in total. The SMILES string of the molecule is Cc1ccc(SC(=Nc2ccc(C(F)(F)F)cc2)N(CC2=CCC(C)C=C2)Cc2cccc(O)c2)cc1. The van der Waals surface area contributed by atoms with E-state index in [4.69, 9.17) is 4.99 Å². The lowest BCUT2D eigenvalue weighted by molar-refractivity contribution is -0.137. The molecule has 0 aliphatic heterocycles. The Hall–Kier alpha value is -3.45. The highest BCUT2D eigenvalue weighted by Gasteiger charge is 2.30. The number of allylic oxidation sites excluding steroid dienone is 2. The first-order valence-electron chi connectivity index (χ1n) is 12.1. The third-order valence-corrected chi connectivity index (χ3v) is 7.01. The number of benzene rings is 3. The highest BCUT2D eigenvalue weighted by molar-refractivity contribution is 8.13. The van der Waals surface area contributed by atoms with Gasteiger partial charge in [-0.3, -0.25) is 0 Å². The number of halogens is 3. The minimum absolute atomic E-state index is 0.176. The second-order valence-electron chi connectivity index (χ2n) is 9.23. The molecule has 0 bridgehead atoms. The van der Waals surface area contributed by atoms with Gasteiger partial charge in [-0.2, -0.15) is 13.2 Å². The molecule has 3 aromatic rings. The molecule has 1 aliphatic carbocycles. The number of alkyl halides is 3. The van der Waals surface area contributed by atoms with Gasteiger partial charge in [0.25, 0.3) is 0 Å². The Morgan fingerprint density at radius 2 is 1.76 bits per heavy atom. The zero-order valence-electron chi connectivity index (χ0n) is 20.7. The van der Waals surface area contributed by atoms with E-state index in [0.717, 1.165) is 40.1 Å². The number of phenolic OH excluding ortho intramolecular Hbond substituents is 1. The van der Waals surface area contributed by atoms with E-state index in [2.05, 4.69) is 30.1 Å². The molecule has 0 saturated carbocycles. The Kier molecular flexibility index (Phi) is 8.44. The van der Waals surface area contributed by atoms with Gasteiger partial charge in [0, 0.05) is 18.0 Å². The van der Waals surface area contributed by atoms with Gasteiger partial charge in [0.15, 0.2) is 5.17 Å². The van der Waals surface area contributed by atoms with E-state index in [1.807, 2.05) is 37.3 Å². The van der Waals surface area contributed by atoms with Crippen molar-refractivity contribution in [3.05, 3.63) is 113 Å². The highest BCUT2D eigenvalue weighted by Crippen LogP contribution is 2.32. The monoisotopic (exact) mass is 522 g/mol. The first-order valence-corrected chi connectivity index (χ1v) is 12.9. The molecule has 0 radical (unpaired) electrons. The van der Waals surface area contributed by atoms with Gasteiger partial charge in [-0.1, -0.05) is 66.7 Å². The van der Waals surface area contributed by atoms with E-state index in [1.165, 1.54) is 23.9 Å². The van der Waals surface area contributed by atoms with E-state index >= 15 is 0 Å². The fourth-order valence-electron chi connectivity index (χ4n) is 3.88. The van der Waals surface area contributed by atoms with Crippen LogP contribution in [0.1, 0.15) is 30.0 Å². The van der Waals surface area contributed by atoms with Gasteiger partial charge in [0.2, 0.25) is 0 Å². The van der Waals surface area contributed by atoms with Gasteiger partial charge in [-0.05, 0) is 78.9 Å². The van der Waals surface area contributed by atoms with Crippen LogP contribution in [0, 0.1) is 12.8 Å². The van der Waals surface area contributed by atoms with Crippen LogP contribution in [-0.4, -0.2) is 21.7 Å². The number of aromatic hydroxyl groups is 1. The maximum atomic E-state index is 13.1. The van der Waals surface area contributed by atoms with Gasteiger partial charge >= 0.3 is 6.18 Å². The van der Waals surface area contributed by atoms with E-state index in [-0.39, 0.29) is 5.75 Å². The first-order chi connectivity index (χ1) is 17.7. The zero-order chi connectivity index (χ0) is 26.4. The molecule has 1 atom stereocenters. The van der Waals surface area contributed by atoms with Crippen LogP contribution in [0.25, 0.3) is 0 Å². The second-order valence-corrected chi connectivity index (χ2v) is 10.3. The van der Waals surface area contributed by atoms with Crippen molar-refractivity contribution in [2.24, 2.45) is 10.9 Å². The van der Waals surface area contributed by atoms with E-state index in [1.54, 1.807) is 18.2 Å². The predicted molar refractivity (Wildman–Crippen MR) is 145 cm³/mol. The van der Waals surface area contributed by atoms with Crippen LogP contribution in [0.3, 0.4) is 0 Å². The average Bonchev–Trinajstić information content (AvgIpc) is 2.86. The fourth-order valence-corrected chi connectivity index (χ4v) is 4.77. The van der Waals surface area contributed by atoms with Crippen LogP contribution in [0.2, 0.25) is 0 Å². The third kappa shape index (κ3) is 7.76. The number of rotatable bonds is 6. The number of thioether (sulfide) groups is 1. The first kappa shape index (κ1) is 26.6. The Balaban J connectivity index is 1.73. The number of aliphatic imine (C=N–C) groups is 1. The average molecular weight is 523 g/mol. The van der Waals surface area contributed by atoms with Crippen molar-refractivity contribution in [2.45, 2.75) is 37.9 Å². The van der Waals surface area contributed by atoms with Crippen molar-refractivity contribution in [1.29, 1.82) is 0 Å². The number of hydrogen-bond acceptors (Lipinski definition) is 3. The number of phenols is 1. The van der Waals surface area contributed by atoms with Gasteiger partial charge in [-0.25, -0.2) is 4.99 Å². The molecule has 0 spiro atoms. The summed E-state index contributed by atoms with van der Waals surface area (Å²) in [4.78, 5) is 7.89. The summed E-state index contributed by atoms with van der Waals surface area (Å²) < 4.78 is 39.3. The largest absolute Gasteiger partial charge is 0.508 e. The maximum Gasteiger partial charge on any atom is 0.416 e. The summed E-state index contributed by atoms with van der Waals surface area (Å²) in [6.07, 6.45) is 3.06. The second kappa shape index (κ2) is 11.7. The molecule has 3 aromatic carbocycles. The molecule has 0 fully saturated rings. The Morgan fingerprint density at radius 1 is 1.03 bits per heavy atom. The molecular weight excluding hydrogens is 493 g/mol. The maximum absolute atomic E-state index is 13.1. The Labute approximate surface area is 220 Å². The van der Waals surface area contributed by atoms with Gasteiger partial charge < -0.3 is 10.0 Å². The normalized spacial score (nSPS) is 16.0. The molecule has 7 heteroatoms. The van der Waals surface area contributed by atoms with Crippen LogP contribution in [-0.2, 0) is 12.7 Å². The fraction of sp³-hybridized carbons (Fsp3) is 0.233. The molecule has 1 unspecified atom stereocenters. The summed E-state index contributed by atoms with van der Waals surface area (Å²) in [5.41, 5.74) is 2.91. The van der Waals surface area contributed by atoms with Crippen LogP contribution < -0.4 is 0 Å². The van der Waals surface area contributed by atoms with Gasteiger partial charge in [0.1, 0.15) is 5.75 Å². The van der Waals surface area contributed by atoms with E-state index in [9.17, 15) is 18.3 Å². The highest BCUT2D eigenvalue weighted by atomic mass is 32.2. The van der Waals surface area contributed by atoms with Crippen LogP contribution >= 0.6 is 11.8 Å². The van der Waals surface area contributed by atoms with Crippen molar-refractivity contribution < 1.29 is 18.3 Å². The zero-order valence-corrected chi connectivity index (χ0v) is 21.6. The van der Waals surface area contributed by atoms with Crippen LogP contribution in [0.4, 0.5) is 18.9 Å². The van der Waals surface area contributed by atoms with Crippen molar-refractivity contribution in [3.8, 4) is 5.75 Å². The Bertz CT molecular complexity index is 1300. The summed E-state index contributed by atoms with van der Waals surface area (Å²) >= 11 is 1.46. The third-order valence-electron chi connectivity index (χ3n) is 5.97. The quantitative estimate of drug-likeness (QED) is 0.200. The minimum Gasteiger partial charge on any atom is -0.508 e. The van der Waals surface area contributed by atoms with E-state index < -0.39 is 11.7 Å². The molecule has 1 aliphatic rings. The minimum atomic E-state index is -4.40. The molecular formula is C30H29F3N2OS. The summed E-state index contributed by atoms with van der Waals surface area (Å²) in [6.45, 7) is 5.21. The summed E-state index contributed by atoms with van der Waals surface area (Å²) in [7, 11) is 0. The topological polar surface area (TPSA) is 35.8 Å². The molecule has 0 heterocycles. The smallest absolute Gasteiger partial charge is 0.416 e. The molecule has 37 heavy (non-hydrogen) atoms. The number of hydrogen-bond donors (Lipinski definition) is 1. The van der Waals surface area contributed by atoms with Crippen LogP contribution in [0.5, 0.6) is 5.75 Å². The molecule has 0 amide bonds. The lowest BCUT2D eigenvalue weighted by Crippen LogP contribution is -2.30. The van der Waals surface area contributed by atoms with Crippen molar-refractivity contribution in [3.63, 3.8) is 0 Å². The standard InChI is InChI=1S/C30H29F3N2OS/c1-21-6-10-23(11-7-21)19-35(20-24-4-3-5-27(36)18-24)29(37-28-16-8-22(2)9-17-28)34-26-14-12-25(13-15-26)30(31,32)33/h3-6,8-18,21,36H,7,19-20H2,1-2H3. The van der Waals surface area contributed by atoms with Crippen molar-refractivity contribution in [2.75, 3.05) is 6.54 Å². The van der Waals surface area contributed by atoms with Crippen LogP contribution in [0.15, 0.2) is 106 Å². The Morgan fingerprint density at radius 3 is 2.38 bits per heavy atom. The lowest BCUT2D eigenvalue weighted by Gasteiger charge is -2.28. The number of amidine groups is 1. The predicted octanol–water partition coefficient (Wildman–Crippen LogP) is 8.52. The molecule has 1 N–H and O–H groups in total. The van der Waals surface area contributed by atoms with Crippen molar-refractivity contribution in [1.82, 2.24) is 4.90 Å². The number of aryl methyl sites for hydroxylation is 1. The lowest BCUT2D eigenvalue weighted by atomic mass is 9.98.